The molecule has 1 fully saturated rings. The Bertz CT molecular complexity index is 1560. The van der Waals surface area contributed by atoms with E-state index in [0.29, 0.717) is 6.42 Å². The summed E-state index contributed by atoms with van der Waals surface area (Å²) in [6, 6.07) is -0.815. The molecule has 0 aromatic carbocycles. The molecule has 1 amide bonds. The highest BCUT2D eigenvalue weighted by Crippen LogP contribution is 2.23. The van der Waals surface area contributed by atoms with Crippen LogP contribution in [-0.4, -0.2) is 87.5 Å². The van der Waals surface area contributed by atoms with E-state index >= 15 is 0 Å². The van der Waals surface area contributed by atoms with Crippen LogP contribution in [0.5, 0.6) is 0 Å². The van der Waals surface area contributed by atoms with Crippen molar-refractivity contribution in [2.75, 3.05) is 13.2 Å². The number of carbonyl (C=O) groups excluding carboxylic acids is 1. The molecule has 9 heteroatoms. The van der Waals surface area contributed by atoms with Crippen molar-refractivity contribution in [2.24, 2.45) is 0 Å². The van der Waals surface area contributed by atoms with E-state index in [1.807, 2.05) is 6.08 Å². The van der Waals surface area contributed by atoms with E-state index in [9.17, 15) is 30.3 Å². The minimum absolute atomic E-state index is 0.189. The highest BCUT2D eigenvalue weighted by atomic mass is 16.7. The maximum absolute atomic E-state index is 13.0. The maximum Gasteiger partial charge on any atom is 0.220 e. The van der Waals surface area contributed by atoms with Gasteiger partial charge in [-0.3, -0.25) is 4.79 Å². The molecule has 7 unspecified atom stereocenters. The Balaban J connectivity index is 2.17. The summed E-state index contributed by atoms with van der Waals surface area (Å²) in [6.07, 6.45) is 71.2. The van der Waals surface area contributed by atoms with Crippen molar-refractivity contribution in [3.63, 3.8) is 0 Å². The van der Waals surface area contributed by atoms with Gasteiger partial charge in [-0.05, 0) is 89.9 Å². The van der Waals surface area contributed by atoms with Gasteiger partial charge < -0.3 is 40.3 Å². The molecule has 1 aliphatic heterocycles. The van der Waals surface area contributed by atoms with Gasteiger partial charge in [0.1, 0.15) is 24.4 Å². The molecule has 0 bridgehead atoms. The third kappa shape index (κ3) is 41.5. The van der Waals surface area contributed by atoms with Crippen LogP contribution in [0.3, 0.4) is 0 Å². The minimum atomic E-state index is -1.57. The van der Waals surface area contributed by atoms with Crippen LogP contribution in [0.25, 0.3) is 0 Å². The molecule has 0 aromatic rings. The predicted molar refractivity (Wildman–Crippen MR) is 308 cm³/mol. The third-order valence-corrected chi connectivity index (χ3v) is 13.0. The Hall–Kier alpha value is -3.41. The molecular weight excluding hydrogens is 911 g/mol. The first-order valence-electron chi connectivity index (χ1n) is 29.3. The molecule has 1 saturated heterocycles. The van der Waals surface area contributed by atoms with Crippen LogP contribution in [0, 0.1) is 0 Å². The van der Waals surface area contributed by atoms with Crippen LogP contribution >= 0.6 is 0 Å². The van der Waals surface area contributed by atoms with Gasteiger partial charge in [-0.1, -0.05) is 245 Å². The number of hydrogen-bond acceptors (Lipinski definition) is 8. The second-order valence-electron chi connectivity index (χ2n) is 19.7. The second-order valence-corrected chi connectivity index (χ2v) is 19.7. The van der Waals surface area contributed by atoms with Crippen LogP contribution < -0.4 is 5.32 Å². The average molecular weight is 1020 g/mol. The van der Waals surface area contributed by atoms with E-state index in [4.69, 9.17) is 9.47 Å². The zero-order valence-corrected chi connectivity index (χ0v) is 46.1. The number of hydrogen-bond donors (Lipinski definition) is 6. The normalized spacial score (nSPS) is 20.0. The van der Waals surface area contributed by atoms with Crippen LogP contribution in [0.1, 0.15) is 219 Å². The summed E-state index contributed by atoms with van der Waals surface area (Å²) in [7, 11) is 0. The molecule has 0 radical (unpaired) electrons. The minimum Gasteiger partial charge on any atom is -0.394 e. The number of nitrogens with one attached hydrogen (secondary N) is 1. The van der Waals surface area contributed by atoms with Gasteiger partial charge in [-0.25, -0.2) is 0 Å². The fraction of sp³-hybridized carbons (Fsp3) is 0.672. The molecule has 416 valence electrons. The van der Waals surface area contributed by atoms with Gasteiger partial charge in [0, 0.05) is 6.42 Å². The molecule has 1 heterocycles. The van der Waals surface area contributed by atoms with Gasteiger partial charge in [-0.2, -0.15) is 0 Å². The van der Waals surface area contributed by atoms with Gasteiger partial charge in [0.05, 0.1) is 25.4 Å². The van der Waals surface area contributed by atoms with E-state index in [2.05, 4.69) is 129 Å². The van der Waals surface area contributed by atoms with Gasteiger partial charge in [0.15, 0.2) is 6.29 Å². The van der Waals surface area contributed by atoms with E-state index in [1.54, 1.807) is 6.08 Å². The highest BCUT2D eigenvalue weighted by Gasteiger charge is 2.44. The van der Waals surface area contributed by atoms with Crippen molar-refractivity contribution in [1.82, 2.24) is 5.32 Å². The Morgan fingerprint density at radius 2 is 0.849 bits per heavy atom. The standard InChI is InChI=1S/C64H107NO8/c1-3-5-7-9-11-13-15-17-18-19-20-21-22-23-24-25-26-27-28-29-30-31-32-33-34-35-36-37-38-39-40-42-44-46-48-50-52-54-60(68)65-57(56-72-64-63(71)62(70)61(69)59(55-66)73-64)58(67)53-51-49-47-45-43-41-16-14-12-10-8-6-4-2/h5,7,11,13,17-18,20-21,23-24,26-27,29-30,32-33,35-36,51,53,57-59,61-64,66-67,69-71H,3-4,6,8-10,12,14-16,19,22,25,28,31,34,37-50,52,54-56H2,1-2H3,(H,65,68)/b7-5-,13-11-,18-17-,21-20-,24-23-,27-26-,30-29-,33-32-,36-35-,53-51+. The summed E-state index contributed by atoms with van der Waals surface area (Å²) >= 11 is 0. The van der Waals surface area contributed by atoms with Gasteiger partial charge in [0.25, 0.3) is 0 Å². The molecule has 0 aliphatic carbocycles. The SMILES string of the molecule is CC/C=C\C/C=C\C/C=C\C/C=C\C/C=C\C/C=C\C/C=C\C/C=C\C/C=C\CCCCCCCCCCCC(=O)NC(COC1OC(CO)C(O)C(O)C1O)C(O)/C=C/CCCCCCCCCCCCC. The molecule has 6 N–H and O–H groups in total. The molecule has 9 nitrogen and oxygen atoms in total. The zero-order valence-electron chi connectivity index (χ0n) is 46.1. The van der Waals surface area contributed by atoms with Crippen LogP contribution in [-0.2, 0) is 14.3 Å². The first-order valence-corrected chi connectivity index (χ1v) is 29.3. The molecule has 1 aliphatic rings. The lowest BCUT2D eigenvalue weighted by Crippen LogP contribution is -2.60. The number of amides is 1. The van der Waals surface area contributed by atoms with E-state index in [1.165, 1.54) is 89.9 Å². The fourth-order valence-corrected chi connectivity index (χ4v) is 8.44. The van der Waals surface area contributed by atoms with Gasteiger partial charge in [-0.15, -0.1) is 0 Å². The number of aliphatic hydroxyl groups is 5. The molecular formula is C64H107NO8. The molecule has 1 rings (SSSR count). The summed E-state index contributed by atoms with van der Waals surface area (Å²) in [5.74, 6) is -0.189. The first-order chi connectivity index (χ1) is 35.8. The topological polar surface area (TPSA) is 149 Å². The van der Waals surface area contributed by atoms with Crippen molar-refractivity contribution in [3.8, 4) is 0 Å². The summed E-state index contributed by atoms with van der Waals surface area (Å²) in [5.41, 5.74) is 0. The van der Waals surface area contributed by atoms with Crippen LogP contribution in [0.2, 0.25) is 0 Å². The highest BCUT2D eigenvalue weighted by molar-refractivity contribution is 5.76. The Labute approximate surface area is 446 Å². The maximum atomic E-state index is 13.0. The summed E-state index contributed by atoms with van der Waals surface area (Å²) in [6.45, 7) is 3.64. The monoisotopic (exact) mass is 1020 g/mol. The Kier molecular flexibility index (Phi) is 48.2. The number of ether oxygens (including phenoxy) is 2. The van der Waals surface area contributed by atoms with E-state index in [0.717, 1.165) is 109 Å². The smallest absolute Gasteiger partial charge is 0.220 e. The number of carbonyl (C=O) groups is 1. The molecule has 0 aromatic heterocycles. The van der Waals surface area contributed by atoms with Gasteiger partial charge in [0.2, 0.25) is 5.91 Å². The van der Waals surface area contributed by atoms with Crippen molar-refractivity contribution < 1.29 is 39.8 Å². The number of allylic oxidation sites excluding steroid dienone is 19. The summed E-state index contributed by atoms with van der Waals surface area (Å²) in [5, 5.41) is 54.4. The van der Waals surface area contributed by atoms with E-state index in [-0.39, 0.29) is 12.5 Å². The van der Waals surface area contributed by atoms with Gasteiger partial charge >= 0.3 is 0 Å². The average Bonchev–Trinajstić information content (AvgIpc) is 3.39. The van der Waals surface area contributed by atoms with Crippen molar-refractivity contribution in [3.05, 3.63) is 122 Å². The lowest BCUT2D eigenvalue weighted by Gasteiger charge is -2.40. The van der Waals surface area contributed by atoms with Crippen molar-refractivity contribution in [1.29, 1.82) is 0 Å². The predicted octanol–water partition coefficient (Wildman–Crippen LogP) is 14.7. The number of aliphatic hydroxyl groups excluding tert-OH is 5. The summed E-state index contributed by atoms with van der Waals surface area (Å²) < 4.78 is 11.2. The Morgan fingerprint density at radius 3 is 1.26 bits per heavy atom. The molecule has 0 saturated carbocycles. The van der Waals surface area contributed by atoms with Crippen LogP contribution in [0.4, 0.5) is 0 Å². The number of rotatable bonds is 48. The second kappa shape index (κ2) is 52.0. The van der Waals surface area contributed by atoms with Crippen molar-refractivity contribution in [2.45, 2.75) is 262 Å². The first kappa shape index (κ1) is 67.6. The number of unbranched alkanes of at least 4 members (excludes halogenated alkanes) is 20. The lowest BCUT2D eigenvalue weighted by molar-refractivity contribution is -0.302. The van der Waals surface area contributed by atoms with Crippen molar-refractivity contribution >= 4 is 5.91 Å². The molecule has 0 spiro atoms. The van der Waals surface area contributed by atoms with E-state index < -0.39 is 49.5 Å². The van der Waals surface area contributed by atoms with Crippen LogP contribution in [0.15, 0.2) is 122 Å². The third-order valence-electron chi connectivity index (χ3n) is 13.0. The Morgan fingerprint density at radius 1 is 0.479 bits per heavy atom. The zero-order chi connectivity index (χ0) is 52.9. The lowest BCUT2D eigenvalue weighted by atomic mass is 9.99. The summed E-state index contributed by atoms with van der Waals surface area (Å²) in [4.78, 5) is 13.0. The molecule has 7 atom stereocenters. The quantitative estimate of drug-likeness (QED) is 0.0261. The molecule has 73 heavy (non-hydrogen) atoms. The largest absolute Gasteiger partial charge is 0.394 e. The fourth-order valence-electron chi connectivity index (χ4n) is 8.44.